The van der Waals surface area contributed by atoms with Crippen molar-refractivity contribution in [1.29, 1.82) is 0 Å². The van der Waals surface area contributed by atoms with Crippen LogP contribution in [0.2, 0.25) is 0 Å². The Hall–Kier alpha value is -1.45. The molecule has 0 aliphatic heterocycles. The van der Waals surface area contributed by atoms with E-state index < -0.39 is 5.97 Å². The van der Waals surface area contributed by atoms with Gasteiger partial charge >= 0.3 is 5.97 Å². The Kier molecular flexibility index (Phi) is 7.20. The number of hydrogen-bond acceptors (Lipinski definition) is 4. The second kappa shape index (κ2) is 8.67. The maximum Gasteiger partial charge on any atom is 0.313 e. The molecule has 0 atom stereocenters. The first-order valence-electron chi connectivity index (χ1n) is 7.34. The topological polar surface area (TPSA) is 60.4 Å². The quantitative estimate of drug-likeness (QED) is 0.408. The number of hydrogen-bond donors (Lipinski definition) is 0. The summed E-state index contributed by atoms with van der Waals surface area (Å²) in [5.74, 6) is -0.227. The zero-order chi connectivity index (χ0) is 15.0. The zero-order valence-corrected chi connectivity index (χ0v) is 12.4. The van der Waals surface area contributed by atoms with Crippen molar-refractivity contribution >= 4 is 17.5 Å². The van der Waals surface area contributed by atoms with Crippen LogP contribution < -0.4 is 0 Å². The molecule has 1 aliphatic rings. The van der Waals surface area contributed by atoms with E-state index in [1.807, 2.05) is 6.08 Å². The van der Waals surface area contributed by atoms with Crippen LogP contribution in [0.15, 0.2) is 11.6 Å². The van der Waals surface area contributed by atoms with Crippen molar-refractivity contribution in [2.24, 2.45) is 5.92 Å². The van der Waals surface area contributed by atoms with E-state index in [-0.39, 0.29) is 24.6 Å². The Balaban J connectivity index is 2.44. The van der Waals surface area contributed by atoms with Crippen molar-refractivity contribution in [1.82, 2.24) is 0 Å². The average Bonchev–Trinajstić information content (AvgIpc) is 2.38. The van der Waals surface area contributed by atoms with Gasteiger partial charge in [-0.05, 0) is 26.2 Å². The minimum Gasteiger partial charge on any atom is -0.460 e. The third kappa shape index (κ3) is 6.64. The van der Waals surface area contributed by atoms with Gasteiger partial charge in [-0.1, -0.05) is 38.2 Å². The summed E-state index contributed by atoms with van der Waals surface area (Å²) in [5, 5.41) is 0. The highest BCUT2D eigenvalue weighted by atomic mass is 16.5. The molecule has 4 heteroatoms. The van der Waals surface area contributed by atoms with E-state index in [0.29, 0.717) is 11.5 Å². The Labute approximate surface area is 120 Å². The average molecular weight is 280 g/mol. The molecule has 1 fully saturated rings. The first kappa shape index (κ1) is 16.6. The lowest BCUT2D eigenvalue weighted by Gasteiger charge is -2.20. The van der Waals surface area contributed by atoms with E-state index in [4.69, 9.17) is 4.74 Å². The fraction of sp³-hybridized carbons (Fsp3) is 0.688. The molecule has 4 nitrogen and oxygen atoms in total. The van der Waals surface area contributed by atoms with Crippen molar-refractivity contribution < 1.29 is 19.1 Å². The van der Waals surface area contributed by atoms with Crippen molar-refractivity contribution in [3.8, 4) is 0 Å². The highest BCUT2D eigenvalue weighted by Gasteiger charge is 2.14. The summed E-state index contributed by atoms with van der Waals surface area (Å²) in [5.41, 5.74) is 0.535. The molecule has 0 unspecified atom stereocenters. The van der Waals surface area contributed by atoms with Gasteiger partial charge in [0.1, 0.15) is 18.8 Å². The van der Waals surface area contributed by atoms with Crippen LogP contribution in [-0.2, 0) is 19.1 Å². The molecule has 20 heavy (non-hydrogen) atoms. The summed E-state index contributed by atoms with van der Waals surface area (Å²) in [7, 11) is 0. The lowest BCUT2D eigenvalue weighted by atomic mass is 9.86. The van der Waals surface area contributed by atoms with Gasteiger partial charge in [-0.25, -0.2) is 0 Å². The number of carbonyl (C=O) groups is 3. The monoisotopic (exact) mass is 280 g/mol. The predicted molar refractivity (Wildman–Crippen MR) is 76.2 cm³/mol. The Morgan fingerprint density at radius 2 is 1.75 bits per heavy atom. The number of esters is 1. The molecule has 0 radical (unpaired) electrons. The molecular weight excluding hydrogens is 256 g/mol. The van der Waals surface area contributed by atoms with E-state index >= 15 is 0 Å². The highest BCUT2D eigenvalue weighted by Crippen LogP contribution is 2.27. The molecule has 112 valence electrons. The van der Waals surface area contributed by atoms with Crippen molar-refractivity contribution in [3.63, 3.8) is 0 Å². The number of rotatable bonds is 7. The summed E-state index contributed by atoms with van der Waals surface area (Å²) >= 11 is 0. The first-order valence-corrected chi connectivity index (χ1v) is 7.34. The highest BCUT2D eigenvalue weighted by molar-refractivity contribution is 5.96. The summed E-state index contributed by atoms with van der Waals surface area (Å²) in [6.07, 6.45) is 8.81. The number of ether oxygens (including phenoxy) is 1. The van der Waals surface area contributed by atoms with Crippen molar-refractivity contribution in [2.75, 3.05) is 6.61 Å². The predicted octanol–water partition coefficient (Wildman–Crippen LogP) is 2.99. The summed E-state index contributed by atoms with van der Waals surface area (Å²) in [6, 6.07) is 0. The van der Waals surface area contributed by atoms with Gasteiger partial charge in [-0.3, -0.25) is 14.4 Å². The molecule has 1 rings (SSSR count). The number of Topliss-reactive ketones (excluding diaryl/α,β-unsaturated/α-hetero) is 2. The molecule has 0 aromatic heterocycles. The standard InChI is InChI=1S/C16H24O4/c1-12(17)10-16(19)20-11-15(13(2)18)9-8-14-6-4-3-5-7-14/h9,14H,3-8,10-11H2,1-2H3. The molecule has 0 aromatic carbocycles. The van der Waals surface area contributed by atoms with E-state index in [2.05, 4.69) is 0 Å². The van der Waals surface area contributed by atoms with Gasteiger partial charge in [0, 0.05) is 5.57 Å². The van der Waals surface area contributed by atoms with Gasteiger partial charge in [0.25, 0.3) is 0 Å². The third-order valence-electron chi connectivity index (χ3n) is 3.66. The van der Waals surface area contributed by atoms with Gasteiger partial charge in [0.15, 0.2) is 5.78 Å². The zero-order valence-electron chi connectivity index (χ0n) is 12.4. The SMILES string of the molecule is CC(=O)CC(=O)OCC(=CCC1CCCCC1)C(C)=O. The van der Waals surface area contributed by atoms with Gasteiger partial charge < -0.3 is 4.74 Å². The molecule has 0 saturated heterocycles. The largest absolute Gasteiger partial charge is 0.460 e. The van der Waals surface area contributed by atoms with Crippen LogP contribution in [0.1, 0.15) is 58.8 Å². The molecular formula is C16H24O4. The Morgan fingerprint density at radius 1 is 1.10 bits per heavy atom. The molecule has 0 N–H and O–H groups in total. The normalized spacial score (nSPS) is 16.8. The number of carbonyl (C=O) groups excluding carboxylic acids is 3. The maximum atomic E-state index is 11.5. The minimum atomic E-state index is -0.567. The fourth-order valence-corrected chi connectivity index (χ4v) is 2.45. The smallest absolute Gasteiger partial charge is 0.313 e. The van der Waals surface area contributed by atoms with Crippen LogP contribution in [0.25, 0.3) is 0 Å². The van der Waals surface area contributed by atoms with Crippen LogP contribution in [0.3, 0.4) is 0 Å². The summed E-state index contributed by atoms with van der Waals surface area (Å²) < 4.78 is 4.97. The van der Waals surface area contributed by atoms with Crippen LogP contribution in [0.5, 0.6) is 0 Å². The van der Waals surface area contributed by atoms with Crippen molar-refractivity contribution in [2.45, 2.75) is 58.8 Å². The van der Waals surface area contributed by atoms with E-state index in [9.17, 15) is 14.4 Å². The van der Waals surface area contributed by atoms with Crippen molar-refractivity contribution in [3.05, 3.63) is 11.6 Å². The third-order valence-corrected chi connectivity index (χ3v) is 3.66. The Bertz CT molecular complexity index is 389. The first-order chi connectivity index (χ1) is 9.49. The van der Waals surface area contributed by atoms with Crippen LogP contribution in [0.4, 0.5) is 0 Å². The molecule has 0 heterocycles. The number of allylic oxidation sites excluding steroid dienone is 1. The number of ketones is 2. The minimum absolute atomic E-state index is 0.0197. The second-order valence-electron chi connectivity index (χ2n) is 5.56. The van der Waals surface area contributed by atoms with E-state index in [1.165, 1.54) is 46.0 Å². The molecule has 0 aromatic rings. The molecule has 0 spiro atoms. The summed E-state index contributed by atoms with van der Waals surface area (Å²) in [4.78, 5) is 33.6. The van der Waals surface area contributed by atoms with Crippen LogP contribution in [-0.4, -0.2) is 24.1 Å². The fourth-order valence-electron chi connectivity index (χ4n) is 2.45. The lowest BCUT2D eigenvalue weighted by Crippen LogP contribution is -2.14. The van der Waals surface area contributed by atoms with E-state index in [0.717, 1.165) is 6.42 Å². The molecule has 0 bridgehead atoms. The van der Waals surface area contributed by atoms with E-state index in [1.54, 1.807) is 0 Å². The maximum absolute atomic E-state index is 11.5. The Morgan fingerprint density at radius 3 is 2.30 bits per heavy atom. The lowest BCUT2D eigenvalue weighted by molar-refractivity contribution is -0.144. The van der Waals surface area contributed by atoms with Gasteiger partial charge in [-0.2, -0.15) is 0 Å². The van der Waals surface area contributed by atoms with Crippen LogP contribution in [0, 0.1) is 5.92 Å². The van der Waals surface area contributed by atoms with Gasteiger partial charge in [0.2, 0.25) is 0 Å². The van der Waals surface area contributed by atoms with Gasteiger partial charge in [-0.15, -0.1) is 0 Å². The molecule has 0 amide bonds. The molecule has 1 aliphatic carbocycles. The van der Waals surface area contributed by atoms with Crippen LogP contribution >= 0.6 is 0 Å². The second-order valence-corrected chi connectivity index (χ2v) is 5.56. The summed E-state index contributed by atoms with van der Waals surface area (Å²) in [6.45, 7) is 2.80. The molecule has 1 saturated carbocycles. The van der Waals surface area contributed by atoms with Gasteiger partial charge in [0.05, 0.1) is 0 Å².